The van der Waals surface area contributed by atoms with Gasteiger partial charge in [-0.2, -0.15) is 0 Å². The average Bonchev–Trinajstić information content (AvgIpc) is 3.18. The summed E-state index contributed by atoms with van der Waals surface area (Å²) in [5, 5.41) is 6.99. The van der Waals surface area contributed by atoms with Crippen molar-refractivity contribution in [2.75, 3.05) is 0 Å². The van der Waals surface area contributed by atoms with Crippen LogP contribution in [0, 0.1) is 5.92 Å². The summed E-state index contributed by atoms with van der Waals surface area (Å²) in [6.07, 6.45) is 8.02. The first-order valence-electron chi connectivity index (χ1n) is 10.6. The number of aromatic amines is 1. The Hall–Kier alpha value is -3.34. The maximum atomic E-state index is 13.2. The second-order valence-electron chi connectivity index (χ2n) is 8.01. The van der Waals surface area contributed by atoms with Crippen LogP contribution in [0.2, 0.25) is 0 Å². The quantitative estimate of drug-likeness (QED) is 0.545. The van der Waals surface area contributed by atoms with Crippen LogP contribution in [0.25, 0.3) is 17.0 Å². The van der Waals surface area contributed by atoms with Gasteiger partial charge in [-0.05, 0) is 43.0 Å². The van der Waals surface area contributed by atoms with Gasteiger partial charge in [0.15, 0.2) is 0 Å². The molecule has 0 saturated heterocycles. The molecule has 5 heteroatoms. The van der Waals surface area contributed by atoms with E-state index >= 15 is 0 Å². The molecule has 1 aromatic heterocycles. The Balaban J connectivity index is 1.63. The molecule has 1 aliphatic carbocycles. The topological polar surface area (TPSA) is 74.0 Å². The SMILES string of the molecule is C[C@H]1CCCC[C@@H]1NC(=O)/C(=C\c1c[nH]c2ccccc12)NC(=O)c1ccccc1. The third-order valence-corrected chi connectivity index (χ3v) is 5.88. The number of fused-ring (bicyclic) bond motifs is 1. The number of hydrogen-bond donors (Lipinski definition) is 3. The zero-order valence-corrected chi connectivity index (χ0v) is 17.2. The Kier molecular flexibility index (Phi) is 5.98. The Morgan fingerprint density at radius 1 is 1.00 bits per heavy atom. The largest absolute Gasteiger partial charge is 0.361 e. The molecule has 2 amide bonds. The summed E-state index contributed by atoms with van der Waals surface area (Å²) in [4.78, 5) is 29.2. The Morgan fingerprint density at radius 2 is 1.73 bits per heavy atom. The lowest BCUT2D eigenvalue weighted by Gasteiger charge is -2.29. The molecule has 3 aromatic rings. The van der Waals surface area contributed by atoms with Crippen LogP contribution >= 0.6 is 0 Å². The maximum Gasteiger partial charge on any atom is 0.268 e. The number of carbonyl (C=O) groups excluding carboxylic acids is 2. The molecule has 0 aliphatic heterocycles. The highest BCUT2D eigenvalue weighted by Crippen LogP contribution is 2.24. The number of hydrogen-bond acceptors (Lipinski definition) is 2. The average molecular weight is 402 g/mol. The van der Waals surface area contributed by atoms with Crippen molar-refractivity contribution >= 4 is 28.8 Å². The Morgan fingerprint density at radius 3 is 2.53 bits per heavy atom. The normalized spacial score (nSPS) is 19.4. The van der Waals surface area contributed by atoms with E-state index in [2.05, 4.69) is 22.5 Å². The number of para-hydroxylation sites is 1. The molecule has 1 saturated carbocycles. The lowest BCUT2D eigenvalue weighted by molar-refractivity contribution is -0.119. The van der Waals surface area contributed by atoms with Crippen LogP contribution in [0.15, 0.2) is 66.5 Å². The molecule has 1 heterocycles. The van der Waals surface area contributed by atoms with Gasteiger partial charge < -0.3 is 15.6 Å². The van der Waals surface area contributed by atoms with Gasteiger partial charge in [-0.3, -0.25) is 9.59 Å². The minimum atomic E-state index is -0.298. The van der Waals surface area contributed by atoms with Gasteiger partial charge in [-0.1, -0.05) is 56.2 Å². The Labute approximate surface area is 176 Å². The summed E-state index contributed by atoms with van der Waals surface area (Å²) < 4.78 is 0. The first-order chi connectivity index (χ1) is 14.6. The summed E-state index contributed by atoms with van der Waals surface area (Å²) in [5.74, 6) is -0.112. The van der Waals surface area contributed by atoms with E-state index in [0.717, 1.165) is 35.7 Å². The van der Waals surface area contributed by atoms with Crippen LogP contribution in [-0.4, -0.2) is 22.8 Å². The van der Waals surface area contributed by atoms with Crippen molar-refractivity contribution < 1.29 is 9.59 Å². The van der Waals surface area contributed by atoms with Crippen LogP contribution in [0.3, 0.4) is 0 Å². The van der Waals surface area contributed by atoms with E-state index in [1.165, 1.54) is 6.42 Å². The summed E-state index contributed by atoms with van der Waals surface area (Å²) in [6, 6.07) is 17.0. The first kappa shape index (κ1) is 20.0. The molecular weight excluding hydrogens is 374 g/mol. The first-order valence-corrected chi connectivity index (χ1v) is 10.6. The van der Waals surface area contributed by atoms with Gasteiger partial charge in [0.05, 0.1) is 0 Å². The van der Waals surface area contributed by atoms with Crippen LogP contribution in [0.5, 0.6) is 0 Å². The summed E-state index contributed by atoms with van der Waals surface area (Å²) in [7, 11) is 0. The number of amides is 2. The monoisotopic (exact) mass is 401 g/mol. The Bertz CT molecular complexity index is 1070. The number of aromatic nitrogens is 1. The predicted molar refractivity (Wildman–Crippen MR) is 120 cm³/mol. The second kappa shape index (κ2) is 8.99. The van der Waals surface area contributed by atoms with Crippen LogP contribution in [-0.2, 0) is 4.79 Å². The predicted octanol–water partition coefficient (Wildman–Crippen LogP) is 4.63. The van der Waals surface area contributed by atoms with E-state index in [1.807, 2.05) is 48.7 Å². The number of rotatable bonds is 5. The molecule has 0 bridgehead atoms. The van der Waals surface area contributed by atoms with Crippen molar-refractivity contribution in [2.45, 2.75) is 38.6 Å². The number of nitrogens with one attached hydrogen (secondary N) is 3. The zero-order valence-electron chi connectivity index (χ0n) is 17.2. The van der Waals surface area contributed by atoms with Crippen molar-refractivity contribution in [3.05, 3.63) is 77.6 Å². The lowest BCUT2D eigenvalue weighted by atomic mass is 9.86. The van der Waals surface area contributed by atoms with Crippen molar-refractivity contribution in [2.24, 2.45) is 5.92 Å². The van der Waals surface area contributed by atoms with Crippen LogP contribution in [0.1, 0.15) is 48.5 Å². The molecular formula is C25H27N3O2. The van der Waals surface area contributed by atoms with E-state index in [1.54, 1.807) is 18.2 Å². The van der Waals surface area contributed by atoms with Crippen molar-refractivity contribution in [1.29, 1.82) is 0 Å². The molecule has 5 nitrogen and oxygen atoms in total. The molecule has 0 unspecified atom stereocenters. The van der Waals surface area contributed by atoms with Gasteiger partial charge in [-0.15, -0.1) is 0 Å². The third kappa shape index (κ3) is 4.46. The fourth-order valence-corrected chi connectivity index (χ4v) is 4.09. The molecule has 154 valence electrons. The second-order valence-corrected chi connectivity index (χ2v) is 8.01. The van der Waals surface area contributed by atoms with Crippen LogP contribution in [0.4, 0.5) is 0 Å². The molecule has 2 aromatic carbocycles. The molecule has 1 aliphatic rings. The highest BCUT2D eigenvalue weighted by atomic mass is 16.2. The molecule has 3 N–H and O–H groups in total. The van der Waals surface area contributed by atoms with Crippen molar-refractivity contribution in [3.63, 3.8) is 0 Å². The van der Waals surface area contributed by atoms with Gasteiger partial charge in [0, 0.05) is 34.3 Å². The summed E-state index contributed by atoms with van der Waals surface area (Å²) in [6.45, 7) is 2.18. The van der Waals surface area contributed by atoms with Gasteiger partial charge in [-0.25, -0.2) is 0 Å². The van der Waals surface area contributed by atoms with E-state index in [9.17, 15) is 9.59 Å². The van der Waals surface area contributed by atoms with Gasteiger partial charge >= 0.3 is 0 Å². The standard InChI is InChI=1S/C25H27N3O2/c1-17-9-5-7-13-21(17)27-25(30)23(28-24(29)18-10-3-2-4-11-18)15-19-16-26-22-14-8-6-12-20(19)22/h2-4,6,8,10-12,14-17,21,26H,5,7,9,13H2,1H3,(H,27,30)(H,28,29)/b23-15+/t17-,21-/m0/s1. The van der Waals surface area contributed by atoms with Gasteiger partial charge in [0.25, 0.3) is 11.8 Å². The lowest BCUT2D eigenvalue weighted by Crippen LogP contribution is -2.44. The smallest absolute Gasteiger partial charge is 0.268 e. The van der Waals surface area contributed by atoms with E-state index in [0.29, 0.717) is 11.5 Å². The molecule has 0 radical (unpaired) electrons. The van der Waals surface area contributed by atoms with Crippen molar-refractivity contribution in [1.82, 2.24) is 15.6 Å². The number of benzene rings is 2. The fraction of sp³-hybridized carbons (Fsp3) is 0.280. The zero-order chi connectivity index (χ0) is 20.9. The van der Waals surface area contributed by atoms with Gasteiger partial charge in [0.2, 0.25) is 0 Å². The summed E-state index contributed by atoms with van der Waals surface area (Å²) in [5.41, 5.74) is 2.62. The van der Waals surface area contributed by atoms with Crippen LogP contribution < -0.4 is 10.6 Å². The number of H-pyrrole nitrogens is 1. The van der Waals surface area contributed by atoms with E-state index < -0.39 is 0 Å². The maximum absolute atomic E-state index is 13.2. The fourth-order valence-electron chi connectivity index (χ4n) is 4.09. The van der Waals surface area contributed by atoms with Gasteiger partial charge in [0.1, 0.15) is 5.70 Å². The number of carbonyl (C=O) groups is 2. The molecule has 2 atom stereocenters. The van der Waals surface area contributed by atoms with E-state index in [-0.39, 0.29) is 23.6 Å². The highest BCUT2D eigenvalue weighted by Gasteiger charge is 2.25. The third-order valence-electron chi connectivity index (χ3n) is 5.88. The van der Waals surface area contributed by atoms with Crippen molar-refractivity contribution in [3.8, 4) is 0 Å². The highest BCUT2D eigenvalue weighted by molar-refractivity contribution is 6.06. The minimum Gasteiger partial charge on any atom is -0.361 e. The summed E-state index contributed by atoms with van der Waals surface area (Å²) >= 11 is 0. The minimum absolute atomic E-state index is 0.131. The molecule has 1 fully saturated rings. The van der Waals surface area contributed by atoms with E-state index in [4.69, 9.17) is 0 Å². The molecule has 4 rings (SSSR count). The molecule has 30 heavy (non-hydrogen) atoms. The molecule has 0 spiro atoms.